The number of halogens is 3. The van der Waals surface area contributed by atoms with E-state index >= 15 is 0 Å². The monoisotopic (exact) mass is 348 g/mol. The van der Waals surface area contributed by atoms with Crippen molar-refractivity contribution in [1.29, 1.82) is 0 Å². The lowest BCUT2D eigenvalue weighted by molar-refractivity contribution is -0.119. The predicted octanol–water partition coefficient (Wildman–Crippen LogP) is 2.89. The average molecular weight is 348 g/mol. The molecule has 1 atom stereocenters. The number of nitrogens with zero attached hydrogens (tertiary/aromatic N) is 1. The number of hydrogen-bond donors (Lipinski definition) is 1. The Morgan fingerprint density at radius 2 is 2.26 bits per heavy atom. The SMILES string of the molecule is COc1cccc(N2CC[C@H](CNC(=O)CSC(F)(F)F)C2)c1. The number of hydrogen-bond acceptors (Lipinski definition) is 4. The molecule has 0 saturated carbocycles. The summed E-state index contributed by atoms with van der Waals surface area (Å²) in [5.41, 5.74) is -3.32. The Morgan fingerprint density at radius 1 is 1.48 bits per heavy atom. The van der Waals surface area contributed by atoms with Crippen molar-refractivity contribution in [3.05, 3.63) is 24.3 Å². The molecule has 0 aromatic heterocycles. The number of ether oxygens (including phenoxy) is 1. The second kappa shape index (κ2) is 7.81. The zero-order chi connectivity index (χ0) is 16.9. The van der Waals surface area contributed by atoms with E-state index in [9.17, 15) is 18.0 Å². The van der Waals surface area contributed by atoms with Crippen molar-refractivity contribution in [1.82, 2.24) is 5.32 Å². The summed E-state index contributed by atoms with van der Waals surface area (Å²) in [6.07, 6.45) is 0.893. The number of carbonyl (C=O) groups excluding carboxylic acids is 1. The number of methoxy groups -OCH3 is 1. The third-order valence-corrected chi connectivity index (χ3v) is 4.39. The summed E-state index contributed by atoms with van der Waals surface area (Å²) < 4.78 is 41.3. The van der Waals surface area contributed by atoms with E-state index in [1.807, 2.05) is 24.3 Å². The number of benzene rings is 1. The molecule has 0 radical (unpaired) electrons. The number of alkyl halides is 3. The summed E-state index contributed by atoms with van der Waals surface area (Å²) in [5.74, 6) is -0.146. The molecule has 1 N–H and O–H groups in total. The van der Waals surface area contributed by atoms with Crippen molar-refractivity contribution in [2.75, 3.05) is 37.4 Å². The van der Waals surface area contributed by atoms with Crippen LogP contribution >= 0.6 is 11.8 Å². The number of thioether (sulfide) groups is 1. The Bertz CT molecular complexity index is 540. The number of rotatable bonds is 6. The highest BCUT2D eigenvalue weighted by atomic mass is 32.2. The molecule has 8 heteroatoms. The highest BCUT2D eigenvalue weighted by Crippen LogP contribution is 2.30. The Morgan fingerprint density at radius 3 is 2.96 bits per heavy atom. The number of carbonyl (C=O) groups is 1. The number of amides is 1. The lowest BCUT2D eigenvalue weighted by Gasteiger charge is -2.19. The van der Waals surface area contributed by atoms with Crippen molar-refractivity contribution < 1.29 is 22.7 Å². The first-order valence-corrected chi connectivity index (χ1v) is 8.22. The van der Waals surface area contributed by atoms with Crippen LogP contribution in [0.25, 0.3) is 0 Å². The fourth-order valence-corrected chi connectivity index (χ4v) is 2.89. The fourth-order valence-electron chi connectivity index (χ4n) is 2.50. The van der Waals surface area contributed by atoms with Crippen LogP contribution in [0.5, 0.6) is 5.75 Å². The standard InChI is InChI=1S/C15H19F3N2O2S/c1-22-13-4-2-3-12(7-13)20-6-5-11(9-20)8-19-14(21)10-23-15(16,17)18/h2-4,7,11H,5-6,8-10H2,1H3,(H,19,21)/t11-/m1/s1. The van der Waals surface area contributed by atoms with Crippen LogP contribution in [0, 0.1) is 5.92 Å². The molecule has 0 unspecified atom stereocenters. The maximum Gasteiger partial charge on any atom is 0.442 e. The van der Waals surface area contributed by atoms with Crippen LogP contribution in [0.2, 0.25) is 0 Å². The van der Waals surface area contributed by atoms with E-state index in [1.165, 1.54) is 0 Å². The third-order valence-electron chi connectivity index (χ3n) is 3.66. The molecule has 0 bridgehead atoms. The van der Waals surface area contributed by atoms with Crippen molar-refractivity contribution in [3.8, 4) is 5.75 Å². The minimum Gasteiger partial charge on any atom is -0.497 e. The fraction of sp³-hybridized carbons (Fsp3) is 0.533. The molecule has 1 fully saturated rings. The zero-order valence-electron chi connectivity index (χ0n) is 12.7. The summed E-state index contributed by atoms with van der Waals surface area (Å²) in [7, 11) is 1.61. The lowest BCUT2D eigenvalue weighted by atomic mass is 10.1. The average Bonchev–Trinajstić information content (AvgIpc) is 2.99. The maximum absolute atomic E-state index is 12.0. The summed E-state index contributed by atoms with van der Waals surface area (Å²) in [4.78, 5) is 13.6. The van der Waals surface area contributed by atoms with Crippen LogP contribution in [0.1, 0.15) is 6.42 Å². The van der Waals surface area contributed by atoms with E-state index in [0.29, 0.717) is 6.54 Å². The molecule has 1 heterocycles. The quantitative estimate of drug-likeness (QED) is 0.858. The first kappa shape index (κ1) is 17.8. The predicted molar refractivity (Wildman–Crippen MR) is 84.8 cm³/mol. The van der Waals surface area contributed by atoms with Gasteiger partial charge in [-0.3, -0.25) is 4.79 Å². The van der Waals surface area contributed by atoms with Crippen LogP contribution in [0.3, 0.4) is 0 Å². The van der Waals surface area contributed by atoms with Crippen LogP contribution in [-0.4, -0.2) is 43.9 Å². The van der Waals surface area contributed by atoms with Crippen molar-refractivity contribution in [2.24, 2.45) is 5.92 Å². The Hall–Kier alpha value is -1.57. The molecule has 1 amide bonds. The van der Waals surface area contributed by atoms with Gasteiger partial charge in [0.05, 0.1) is 12.9 Å². The zero-order valence-corrected chi connectivity index (χ0v) is 13.5. The van der Waals surface area contributed by atoms with Crippen molar-refractivity contribution in [2.45, 2.75) is 11.9 Å². The molecular formula is C15H19F3N2O2S. The van der Waals surface area contributed by atoms with Gasteiger partial charge >= 0.3 is 5.51 Å². The lowest BCUT2D eigenvalue weighted by Crippen LogP contribution is -2.32. The van der Waals surface area contributed by atoms with E-state index in [-0.39, 0.29) is 17.7 Å². The van der Waals surface area contributed by atoms with Gasteiger partial charge in [-0.2, -0.15) is 13.2 Å². The topological polar surface area (TPSA) is 41.6 Å². The normalized spacial score (nSPS) is 18.1. The summed E-state index contributed by atoms with van der Waals surface area (Å²) >= 11 is -0.311. The van der Waals surface area contributed by atoms with Gasteiger partial charge in [0.15, 0.2) is 0 Å². The Kier molecular flexibility index (Phi) is 6.04. The van der Waals surface area contributed by atoms with Gasteiger partial charge in [-0.05, 0) is 36.2 Å². The molecule has 1 aromatic rings. The molecule has 0 spiro atoms. The summed E-state index contributed by atoms with van der Waals surface area (Å²) in [5, 5.41) is 2.58. The maximum atomic E-state index is 12.0. The van der Waals surface area contributed by atoms with Gasteiger partial charge in [0.1, 0.15) is 5.75 Å². The van der Waals surface area contributed by atoms with Crippen LogP contribution in [0.4, 0.5) is 18.9 Å². The first-order valence-electron chi connectivity index (χ1n) is 7.24. The van der Waals surface area contributed by atoms with Crippen molar-refractivity contribution in [3.63, 3.8) is 0 Å². The van der Waals surface area contributed by atoms with Crippen LogP contribution in [0.15, 0.2) is 24.3 Å². The van der Waals surface area contributed by atoms with Gasteiger partial charge in [0.25, 0.3) is 0 Å². The summed E-state index contributed by atoms with van der Waals surface area (Å²) in [6.45, 7) is 2.02. The molecule has 1 saturated heterocycles. The second-order valence-corrected chi connectivity index (χ2v) is 6.38. The smallest absolute Gasteiger partial charge is 0.442 e. The molecule has 23 heavy (non-hydrogen) atoms. The highest BCUT2D eigenvalue weighted by Gasteiger charge is 2.29. The van der Waals surface area contributed by atoms with Gasteiger partial charge in [0, 0.05) is 31.4 Å². The number of nitrogens with one attached hydrogen (secondary N) is 1. The largest absolute Gasteiger partial charge is 0.497 e. The molecule has 4 nitrogen and oxygen atoms in total. The van der Waals surface area contributed by atoms with E-state index in [2.05, 4.69) is 10.2 Å². The van der Waals surface area contributed by atoms with E-state index < -0.39 is 17.2 Å². The molecule has 1 aliphatic rings. The van der Waals surface area contributed by atoms with Gasteiger partial charge in [-0.15, -0.1) is 0 Å². The van der Waals surface area contributed by atoms with E-state index in [1.54, 1.807) is 7.11 Å². The molecule has 1 aliphatic heterocycles. The van der Waals surface area contributed by atoms with Crippen molar-refractivity contribution >= 4 is 23.4 Å². The number of anilines is 1. The minimum atomic E-state index is -4.37. The third kappa shape index (κ3) is 5.85. The summed E-state index contributed by atoms with van der Waals surface area (Å²) in [6, 6.07) is 7.72. The molecule has 2 rings (SSSR count). The minimum absolute atomic E-state index is 0.237. The van der Waals surface area contributed by atoms with Crippen LogP contribution in [-0.2, 0) is 4.79 Å². The Balaban J connectivity index is 1.76. The molecule has 0 aliphatic carbocycles. The van der Waals surface area contributed by atoms with Gasteiger partial charge in [0.2, 0.25) is 5.91 Å². The van der Waals surface area contributed by atoms with Gasteiger partial charge < -0.3 is 15.0 Å². The first-order chi connectivity index (χ1) is 10.9. The molecular weight excluding hydrogens is 329 g/mol. The van der Waals surface area contributed by atoms with Gasteiger partial charge in [-0.25, -0.2) is 0 Å². The van der Waals surface area contributed by atoms with E-state index in [4.69, 9.17) is 4.74 Å². The highest BCUT2D eigenvalue weighted by molar-refractivity contribution is 8.00. The second-order valence-electron chi connectivity index (χ2n) is 5.34. The van der Waals surface area contributed by atoms with Crippen LogP contribution < -0.4 is 15.0 Å². The van der Waals surface area contributed by atoms with Gasteiger partial charge in [-0.1, -0.05) is 6.07 Å². The molecule has 1 aromatic carbocycles. The molecule has 128 valence electrons. The van der Waals surface area contributed by atoms with E-state index in [0.717, 1.165) is 30.9 Å². The Labute approximate surface area is 137 Å².